The summed E-state index contributed by atoms with van der Waals surface area (Å²) in [7, 11) is 0. The number of carbonyl (C=O) groups excluding carboxylic acids is 1. The van der Waals surface area contributed by atoms with Gasteiger partial charge in [0.1, 0.15) is 0 Å². The number of amides is 1. The van der Waals surface area contributed by atoms with Crippen LogP contribution in [0.4, 0.5) is 5.69 Å². The summed E-state index contributed by atoms with van der Waals surface area (Å²) in [6, 6.07) is 7.86. The molecule has 1 unspecified atom stereocenters. The third-order valence-corrected chi connectivity index (χ3v) is 3.06. The molecule has 2 rings (SSSR count). The van der Waals surface area contributed by atoms with Crippen LogP contribution in [0, 0.1) is 5.92 Å². The number of nitrogens with one attached hydrogen (secondary N) is 2. The zero-order chi connectivity index (χ0) is 12.3. The van der Waals surface area contributed by atoms with Gasteiger partial charge in [0.2, 0.25) is 5.91 Å². The number of aliphatic hydroxyl groups is 1. The van der Waals surface area contributed by atoms with Crippen molar-refractivity contribution < 1.29 is 9.90 Å². The normalized spacial score (nSPS) is 20.0. The zero-order valence-electron chi connectivity index (χ0n) is 9.94. The average molecular weight is 234 g/mol. The molecule has 0 aromatic heterocycles. The fourth-order valence-corrected chi connectivity index (χ4v) is 2.03. The van der Waals surface area contributed by atoms with Crippen LogP contribution in [-0.2, 0) is 11.2 Å². The molecule has 0 fully saturated rings. The van der Waals surface area contributed by atoms with Gasteiger partial charge in [0.05, 0.1) is 12.5 Å². The van der Waals surface area contributed by atoms with Crippen LogP contribution in [0.15, 0.2) is 24.3 Å². The number of carbonyl (C=O) groups is 1. The standard InChI is InChI=1S/C13H18N2O2/c1-9(8-16)15-13(17)11-6-10-4-2-3-5-12(10)14-7-11/h2-5,9,11,14,16H,6-8H2,1H3,(H,15,17)/t9-,11?/m0/s1. The van der Waals surface area contributed by atoms with Crippen LogP contribution in [0.3, 0.4) is 0 Å². The second-order valence-electron chi connectivity index (χ2n) is 4.53. The second kappa shape index (κ2) is 5.19. The van der Waals surface area contributed by atoms with Crippen molar-refractivity contribution in [3.05, 3.63) is 29.8 Å². The van der Waals surface area contributed by atoms with Gasteiger partial charge in [-0.15, -0.1) is 0 Å². The van der Waals surface area contributed by atoms with Crippen molar-refractivity contribution >= 4 is 11.6 Å². The first-order valence-electron chi connectivity index (χ1n) is 5.93. The lowest BCUT2D eigenvalue weighted by Gasteiger charge is -2.26. The van der Waals surface area contributed by atoms with Crippen LogP contribution >= 0.6 is 0 Å². The SMILES string of the molecule is C[C@@H](CO)NC(=O)C1CNc2ccccc2C1. The Balaban J connectivity index is 2.00. The fourth-order valence-electron chi connectivity index (χ4n) is 2.03. The quantitative estimate of drug-likeness (QED) is 0.724. The van der Waals surface area contributed by atoms with Gasteiger partial charge in [-0.2, -0.15) is 0 Å². The maximum atomic E-state index is 11.9. The lowest BCUT2D eigenvalue weighted by atomic mass is 9.93. The molecule has 0 aliphatic carbocycles. The number of aliphatic hydroxyl groups excluding tert-OH is 1. The molecular formula is C13H18N2O2. The predicted octanol–water partition coefficient (Wildman–Crippen LogP) is 0.768. The van der Waals surface area contributed by atoms with Crippen molar-refractivity contribution in [2.24, 2.45) is 5.92 Å². The van der Waals surface area contributed by atoms with Crippen LogP contribution in [0.5, 0.6) is 0 Å². The van der Waals surface area contributed by atoms with Crippen molar-refractivity contribution in [2.45, 2.75) is 19.4 Å². The van der Waals surface area contributed by atoms with E-state index in [1.54, 1.807) is 6.92 Å². The molecule has 0 radical (unpaired) electrons. The van der Waals surface area contributed by atoms with Gasteiger partial charge in [-0.1, -0.05) is 18.2 Å². The summed E-state index contributed by atoms with van der Waals surface area (Å²) in [4.78, 5) is 11.9. The molecule has 4 nitrogen and oxygen atoms in total. The van der Waals surface area contributed by atoms with E-state index < -0.39 is 0 Å². The molecule has 17 heavy (non-hydrogen) atoms. The van der Waals surface area contributed by atoms with E-state index in [0.29, 0.717) is 6.54 Å². The average Bonchev–Trinajstić information content (AvgIpc) is 2.38. The molecular weight excluding hydrogens is 216 g/mol. The maximum absolute atomic E-state index is 11.9. The third kappa shape index (κ3) is 2.77. The molecule has 1 aromatic carbocycles. The highest BCUT2D eigenvalue weighted by atomic mass is 16.3. The largest absolute Gasteiger partial charge is 0.394 e. The van der Waals surface area contributed by atoms with Gasteiger partial charge >= 0.3 is 0 Å². The monoisotopic (exact) mass is 234 g/mol. The van der Waals surface area contributed by atoms with Gasteiger partial charge in [0.15, 0.2) is 0 Å². The van der Waals surface area contributed by atoms with E-state index in [4.69, 9.17) is 5.11 Å². The molecule has 0 saturated carbocycles. The van der Waals surface area contributed by atoms with Crippen LogP contribution in [0.2, 0.25) is 0 Å². The van der Waals surface area contributed by atoms with E-state index >= 15 is 0 Å². The van der Waals surface area contributed by atoms with Crippen molar-refractivity contribution in [1.82, 2.24) is 5.32 Å². The van der Waals surface area contributed by atoms with Crippen molar-refractivity contribution in [3.8, 4) is 0 Å². The minimum Gasteiger partial charge on any atom is -0.394 e. The Morgan fingerprint density at radius 2 is 2.35 bits per heavy atom. The number of anilines is 1. The lowest BCUT2D eigenvalue weighted by Crippen LogP contribution is -2.43. The first-order chi connectivity index (χ1) is 8.20. The van der Waals surface area contributed by atoms with Gasteiger partial charge in [0, 0.05) is 18.3 Å². The zero-order valence-corrected chi connectivity index (χ0v) is 9.94. The topological polar surface area (TPSA) is 61.4 Å². The molecule has 0 bridgehead atoms. The van der Waals surface area contributed by atoms with Crippen LogP contribution in [-0.4, -0.2) is 30.2 Å². The predicted molar refractivity (Wildman–Crippen MR) is 66.8 cm³/mol. The second-order valence-corrected chi connectivity index (χ2v) is 4.53. The number of rotatable bonds is 3. The van der Waals surface area contributed by atoms with Crippen molar-refractivity contribution in [1.29, 1.82) is 0 Å². The Kier molecular flexibility index (Phi) is 3.64. The highest BCUT2D eigenvalue weighted by Crippen LogP contribution is 2.24. The number of fused-ring (bicyclic) bond motifs is 1. The molecule has 0 spiro atoms. The summed E-state index contributed by atoms with van der Waals surface area (Å²) < 4.78 is 0. The minimum atomic E-state index is -0.181. The van der Waals surface area contributed by atoms with Crippen molar-refractivity contribution in [3.63, 3.8) is 0 Å². The Labute approximate surface area is 101 Å². The molecule has 92 valence electrons. The highest BCUT2D eigenvalue weighted by molar-refractivity contribution is 5.81. The molecule has 4 heteroatoms. The first kappa shape index (κ1) is 11.9. The Bertz CT molecular complexity index is 406. The number of hydrogen-bond acceptors (Lipinski definition) is 3. The number of benzene rings is 1. The highest BCUT2D eigenvalue weighted by Gasteiger charge is 2.24. The van der Waals surface area contributed by atoms with E-state index in [-0.39, 0.29) is 24.5 Å². The van der Waals surface area contributed by atoms with Gasteiger partial charge in [-0.25, -0.2) is 0 Å². The molecule has 0 saturated heterocycles. The van der Waals surface area contributed by atoms with Gasteiger partial charge < -0.3 is 15.7 Å². The molecule has 1 amide bonds. The Morgan fingerprint density at radius 1 is 1.59 bits per heavy atom. The molecule has 1 heterocycles. The summed E-state index contributed by atoms with van der Waals surface area (Å²) in [5, 5.41) is 15.0. The Hall–Kier alpha value is -1.55. The fraction of sp³-hybridized carbons (Fsp3) is 0.462. The van der Waals surface area contributed by atoms with E-state index in [0.717, 1.165) is 12.1 Å². The van der Waals surface area contributed by atoms with Crippen molar-refractivity contribution in [2.75, 3.05) is 18.5 Å². The number of hydrogen-bond donors (Lipinski definition) is 3. The molecule has 1 aliphatic heterocycles. The molecule has 1 aromatic rings. The summed E-state index contributed by atoms with van der Waals surface area (Å²) in [5.41, 5.74) is 2.29. The summed E-state index contributed by atoms with van der Waals surface area (Å²) in [6.45, 7) is 2.42. The maximum Gasteiger partial charge on any atom is 0.225 e. The number of para-hydroxylation sites is 1. The summed E-state index contributed by atoms with van der Waals surface area (Å²) >= 11 is 0. The van der Waals surface area contributed by atoms with E-state index in [9.17, 15) is 4.79 Å². The van der Waals surface area contributed by atoms with E-state index in [1.165, 1.54) is 5.56 Å². The van der Waals surface area contributed by atoms with E-state index in [1.807, 2.05) is 24.3 Å². The first-order valence-corrected chi connectivity index (χ1v) is 5.93. The summed E-state index contributed by atoms with van der Waals surface area (Å²) in [6.07, 6.45) is 0.757. The molecule has 2 atom stereocenters. The van der Waals surface area contributed by atoms with Gasteiger partial charge in [0.25, 0.3) is 0 Å². The van der Waals surface area contributed by atoms with Crippen LogP contribution in [0.1, 0.15) is 12.5 Å². The van der Waals surface area contributed by atoms with Crippen LogP contribution in [0.25, 0.3) is 0 Å². The minimum absolute atomic E-state index is 0.00792. The van der Waals surface area contributed by atoms with Gasteiger partial charge in [-0.05, 0) is 25.0 Å². The van der Waals surface area contributed by atoms with E-state index in [2.05, 4.69) is 10.6 Å². The lowest BCUT2D eigenvalue weighted by molar-refractivity contribution is -0.125. The Morgan fingerprint density at radius 3 is 3.12 bits per heavy atom. The van der Waals surface area contributed by atoms with Gasteiger partial charge in [-0.3, -0.25) is 4.79 Å². The smallest absolute Gasteiger partial charge is 0.225 e. The summed E-state index contributed by atoms with van der Waals surface area (Å²) in [5.74, 6) is -0.0487. The van der Waals surface area contributed by atoms with Crippen LogP contribution < -0.4 is 10.6 Å². The third-order valence-electron chi connectivity index (χ3n) is 3.06. The molecule has 3 N–H and O–H groups in total. The molecule has 1 aliphatic rings.